The Morgan fingerprint density at radius 2 is 2.11 bits per heavy atom. The topological polar surface area (TPSA) is 53.4 Å². The van der Waals surface area contributed by atoms with Crippen molar-refractivity contribution in [2.45, 2.75) is 19.8 Å². The molecule has 0 spiro atoms. The van der Waals surface area contributed by atoms with E-state index in [1.54, 1.807) is 6.07 Å². The number of carboxylic acid groups (broad SMARTS) is 1. The van der Waals surface area contributed by atoms with Crippen LogP contribution in [-0.2, 0) is 0 Å². The van der Waals surface area contributed by atoms with Gasteiger partial charge in [-0.05, 0) is 17.9 Å². The van der Waals surface area contributed by atoms with E-state index < -0.39 is 5.97 Å². The van der Waals surface area contributed by atoms with Crippen LogP contribution in [-0.4, -0.2) is 29.7 Å². The zero-order valence-electron chi connectivity index (χ0n) is 11.3. The summed E-state index contributed by atoms with van der Waals surface area (Å²) in [5.41, 5.74) is 0.0945. The molecule has 1 aromatic heterocycles. The highest BCUT2D eigenvalue weighted by Gasteiger charge is 2.13. The van der Waals surface area contributed by atoms with E-state index in [1.807, 2.05) is 36.2 Å². The average molecular weight is 258 g/mol. The maximum absolute atomic E-state index is 11.2. The van der Waals surface area contributed by atoms with Gasteiger partial charge in [-0.2, -0.15) is 0 Å². The molecule has 0 saturated carbocycles. The Bertz CT molecular complexity index is 596. The van der Waals surface area contributed by atoms with Gasteiger partial charge in [-0.1, -0.05) is 37.6 Å². The van der Waals surface area contributed by atoms with E-state index in [0.29, 0.717) is 0 Å². The summed E-state index contributed by atoms with van der Waals surface area (Å²) in [6.45, 7) is 3.00. The lowest BCUT2D eigenvalue weighted by Gasteiger charge is -2.20. The first kappa shape index (κ1) is 13.3. The van der Waals surface area contributed by atoms with Crippen LogP contribution in [0.25, 0.3) is 10.8 Å². The molecule has 0 amide bonds. The molecule has 1 heterocycles. The summed E-state index contributed by atoms with van der Waals surface area (Å²) in [6.07, 6.45) is 2.16. The predicted octanol–water partition coefficient (Wildman–Crippen LogP) is 3.17. The fourth-order valence-corrected chi connectivity index (χ4v) is 2.08. The third-order valence-electron chi connectivity index (χ3n) is 3.15. The van der Waals surface area contributed by atoms with Crippen LogP contribution in [0.15, 0.2) is 30.3 Å². The van der Waals surface area contributed by atoms with E-state index >= 15 is 0 Å². The number of aromatic carboxylic acids is 1. The van der Waals surface area contributed by atoms with Crippen LogP contribution in [0.1, 0.15) is 30.3 Å². The molecule has 2 rings (SSSR count). The number of rotatable bonds is 5. The number of anilines is 1. The van der Waals surface area contributed by atoms with Crippen molar-refractivity contribution in [1.82, 2.24) is 4.98 Å². The van der Waals surface area contributed by atoms with Crippen molar-refractivity contribution >= 4 is 22.6 Å². The van der Waals surface area contributed by atoms with Gasteiger partial charge in [0.25, 0.3) is 0 Å². The standard InChI is InChI=1S/C15H18N2O2/c1-3-4-9-17(2)14-12-8-6-5-7-11(12)10-13(16-14)15(18)19/h5-8,10H,3-4,9H2,1-2H3,(H,18,19). The Morgan fingerprint density at radius 3 is 2.79 bits per heavy atom. The molecule has 0 aliphatic heterocycles. The molecule has 4 nitrogen and oxygen atoms in total. The number of benzene rings is 1. The third-order valence-corrected chi connectivity index (χ3v) is 3.15. The second-order valence-electron chi connectivity index (χ2n) is 4.63. The maximum Gasteiger partial charge on any atom is 0.354 e. The summed E-state index contributed by atoms with van der Waals surface area (Å²) in [6, 6.07) is 9.37. The van der Waals surface area contributed by atoms with E-state index in [0.717, 1.165) is 36.0 Å². The van der Waals surface area contributed by atoms with Gasteiger partial charge in [-0.15, -0.1) is 0 Å². The fourth-order valence-electron chi connectivity index (χ4n) is 2.08. The lowest BCUT2D eigenvalue weighted by molar-refractivity contribution is 0.0691. The lowest BCUT2D eigenvalue weighted by Crippen LogP contribution is -2.21. The van der Waals surface area contributed by atoms with E-state index in [9.17, 15) is 4.79 Å². The Morgan fingerprint density at radius 1 is 1.37 bits per heavy atom. The second kappa shape index (κ2) is 5.69. The highest BCUT2D eigenvalue weighted by atomic mass is 16.4. The summed E-state index contributed by atoms with van der Waals surface area (Å²) < 4.78 is 0. The molecule has 0 aliphatic rings. The van der Waals surface area contributed by atoms with Crippen LogP contribution in [0, 0.1) is 0 Å². The van der Waals surface area contributed by atoms with Gasteiger partial charge in [-0.3, -0.25) is 0 Å². The first-order valence-corrected chi connectivity index (χ1v) is 6.47. The number of carboxylic acids is 1. The van der Waals surface area contributed by atoms with E-state index in [4.69, 9.17) is 5.11 Å². The molecule has 19 heavy (non-hydrogen) atoms. The first-order valence-electron chi connectivity index (χ1n) is 6.47. The molecule has 0 fully saturated rings. The van der Waals surface area contributed by atoms with Gasteiger partial charge in [0.05, 0.1) is 0 Å². The zero-order chi connectivity index (χ0) is 13.8. The number of pyridine rings is 1. The van der Waals surface area contributed by atoms with Gasteiger partial charge in [0.1, 0.15) is 5.82 Å². The smallest absolute Gasteiger partial charge is 0.354 e. The minimum absolute atomic E-state index is 0.0945. The third kappa shape index (κ3) is 2.84. The number of unbranched alkanes of at least 4 members (excludes halogenated alkanes) is 1. The van der Waals surface area contributed by atoms with Crippen LogP contribution in [0.5, 0.6) is 0 Å². The van der Waals surface area contributed by atoms with Crippen LogP contribution in [0.3, 0.4) is 0 Å². The van der Waals surface area contributed by atoms with Crippen molar-refractivity contribution < 1.29 is 9.90 Å². The largest absolute Gasteiger partial charge is 0.477 e. The number of carbonyl (C=O) groups is 1. The lowest BCUT2D eigenvalue weighted by atomic mass is 10.1. The Balaban J connectivity index is 2.53. The Labute approximate surface area is 112 Å². The van der Waals surface area contributed by atoms with Gasteiger partial charge < -0.3 is 10.0 Å². The van der Waals surface area contributed by atoms with Gasteiger partial charge in [0.2, 0.25) is 0 Å². The van der Waals surface area contributed by atoms with Crippen LogP contribution in [0.4, 0.5) is 5.82 Å². The molecule has 100 valence electrons. The quantitative estimate of drug-likeness (QED) is 0.895. The monoisotopic (exact) mass is 258 g/mol. The van der Waals surface area contributed by atoms with Gasteiger partial charge in [-0.25, -0.2) is 9.78 Å². The Hall–Kier alpha value is -2.10. The van der Waals surface area contributed by atoms with Crippen molar-refractivity contribution in [2.24, 2.45) is 0 Å². The van der Waals surface area contributed by atoms with Crippen molar-refractivity contribution in [3.63, 3.8) is 0 Å². The SMILES string of the molecule is CCCCN(C)c1nc(C(=O)O)cc2ccccc12. The summed E-state index contributed by atoms with van der Waals surface area (Å²) >= 11 is 0. The molecular formula is C15H18N2O2. The van der Waals surface area contributed by atoms with Crippen molar-refractivity contribution in [1.29, 1.82) is 0 Å². The molecule has 2 aromatic rings. The normalized spacial score (nSPS) is 10.6. The zero-order valence-corrected chi connectivity index (χ0v) is 11.3. The van der Waals surface area contributed by atoms with E-state index in [1.165, 1.54) is 0 Å². The van der Waals surface area contributed by atoms with E-state index in [2.05, 4.69) is 11.9 Å². The van der Waals surface area contributed by atoms with Gasteiger partial charge in [0, 0.05) is 19.0 Å². The molecule has 0 atom stereocenters. The average Bonchev–Trinajstić information content (AvgIpc) is 2.43. The summed E-state index contributed by atoms with van der Waals surface area (Å²) in [4.78, 5) is 17.5. The van der Waals surface area contributed by atoms with Crippen LogP contribution in [0.2, 0.25) is 0 Å². The van der Waals surface area contributed by atoms with Crippen molar-refractivity contribution in [3.05, 3.63) is 36.0 Å². The molecule has 1 aromatic carbocycles. The minimum Gasteiger partial charge on any atom is -0.477 e. The van der Waals surface area contributed by atoms with Crippen molar-refractivity contribution in [2.75, 3.05) is 18.5 Å². The summed E-state index contributed by atoms with van der Waals surface area (Å²) in [5, 5.41) is 11.0. The number of hydrogen-bond donors (Lipinski definition) is 1. The number of nitrogens with zero attached hydrogens (tertiary/aromatic N) is 2. The van der Waals surface area contributed by atoms with Crippen LogP contribution >= 0.6 is 0 Å². The highest BCUT2D eigenvalue weighted by Crippen LogP contribution is 2.25. The molecular weight excluding hydrogens is 240 g/mol. The molecule has 4 heteroatoms. The number of hydrogen-bond acceptors (Lipinski definition) is 3. The Kier molecular flexibility index (Phi) is 4.00. The highest BCUT2D eigenvalue weighted by molar-refractivity contribution is 5.97. The fraction of sp³-hybridized carbons (Fsp3) is 0.333. The molecule has 0 unspecified atom stereocenters. The number of fused-ring (bicyclic) bond motifs is 1. The summed E-state index contributed by atoms with van der Waals surface area (Å²) in [5.74, 6) is -0.250. The molecule has 0 radical (unpaired) electrons. The maximum atomic E-state index is 11.2. The number of aromatic nitrogens is 1. The molecule has 0 saturated heterocycles. The summed E-state index contributed by atoms with van der Waals surface area (Å²) in [7, 11) is 1.95. The van der Waals surface area contributed by atoms with Gasteiger partial charge in [0.15, 0.2) is 5.69 Å². The molecule has 0 aliphatic carbocycles. The molecule has 0 bridgehead atoms. The molecule has 1 N–H and O–H groups in total. The predicted molar refractivity (Wildman–Crippen MR) is 76.9 cm³/mol. The first-order chi connectivity index (χ1) is 9.13. The van der Waals surface area contributed by atoms with Gasteiger partial charge >= 0.3 is 5.97 Å². The second-order valence-corrected chi connectivity index (χ2v) is 4.63. The minimum atomic E-state index is -0.990. The van der Waals surface area contributed by atoms with Crippen molar-refractivity contribution in [3.8, 4) is 0 Å². The van der Waals surface area contributed by atoms with E-state index in [-0.39, 0.29) is 5.69 Å². The van der Waals surface area contributed by atoms with Crippen LogP contribution < -0.4 is 4.90 Å².